The summed E-state index contributed by atoms with van der Waals surface area (Å²) in [6, 6.07) is 5.51. The van der Waals surface area contributed by atoms with Gasteiger partial charge >= 0.3 is 5.97 Å². The standard InChI is InChI=1S/C12H8ClN3O2/c13-10-8-2-1-6(7-4-14-15-5-7)3-9(8)16-11(10)12(17)18/h1-5,16H,(H,14,15)(H,17,18). The monoisotopic (exact) mass is 261 g/mol. The lowest BCUT2D eigenvalue weighted by molar-refractivity contribution is 0.0691. The van der Waals surface area contributed by atoms with Crippen LogP contribution in [0, 0.1) is 0 Å². The number of aromatic nitrogens is 3. The average Bonchev–Trinajstić information content (AvgIpc) is 2.97. The van der Waals surface area contributed by atoms with E-state index >= 15 is 0 Å². The molecule has 3 N–H and O–H groups in total. The average molecular weight is 262 g/mol. The summed E-state index contributed by atoms with van der Waals surface area (Å²) in [6.45, 7) is 0. The van der Waals surface area contributed by atoms with Crippen molar-refractivity contribution in [3.8, 4) is 11.1 Å². The molecule has 0 atom stereocenters. The minimum absolute atomic E-state index is 0.0102. The van der Waals surface area contributed by atoms with Gasteiger partial charge in [0.15, 0.2) is 0 Å². The maximum atomic E-state index is 11.0. The van der Waals surface area contributed by atoms with Crippen molar-refractivity contribution in [3.05, 3.63) is 41.3 Å². The predicted octanol–water partition coefficient (Wildman–Crippen LogP) is 2.91. The van der Waals surface area contributed by atoms with Crippen molar-refractivity contribution in [1.29, 1.82) is 0 Å². The lowest BCUT2D eigenvalue weighted by atomic mass is 10.1. The van der Waals surface area contributed by atoms with Crippen LogP contribution < -0.4 is 0 Å². The number of carboxylic acid groups (broad SMARTS) is 1. The fraction of sp³-hybridized carbons (Fsp3) is 0. The van der Waals surface area contributed by atoms with Crippen molar-refractivity contribution in [3.63, 3.8) is 0 Å². The fourth-order valence-electron chi connectivity index (χ4n) is 1.90. The van der Waals surface area contributed by atoms with Crippen LogP contribution in [0.5, 0.6) is 0 Å². The van der Waals surface area contributed by atoms with Crippen LogP contribution in [-0.2, 0) is 0 Å². The number of hydrogen-bond donors (Lipinski definition) is 3. The molecule has 0 radical (unpaired) electrons. The Hall–Kier alpha value is -2.27. The Morgan fingerprint density at radius 2 is 2.17 bits per heavy atom. The molecule has 2 aromatic heterocycles. The van der Waals surface area contributed by atoms with E-state index in [4.69, 9.17) is 16.7 Å². The minimum atomic E-state index is -1.07. The van der Waals surface area contributed by atoms with Gasteiger partial charge in [-0.1, -0.05) is 23.7 Å². The van der Waals surface area contributed by atoms with Crippen molar-refractivity contribution in [2.75, 3.05) is 0 Å². The zero-order valence-corrected chi connectivity index (χ0v) is 9.82. The van der Waals surface area contributed by atoms with E-state index in [0.29, 0.717) is 10.9 Å². The van der Waals surface area contributed by atoms with E-state index < -0.39 is 5.97 Å². The smallest absolute Gasteiger partial charge is 0.353 e. The molecule has 3 aromatic rings. The maximum Gasteiger partial charge on any atom is 0.353 e. The highest BCUT2D eigenvalue weighted by Crippen LogP contribution is 2.30. The van der Waals surface area contributed by atoms with Gasteiger partial charge in [0.2, 0.25) is 0 Å². The van der Waals surface area contributed by atoms with Gasteiger partial charge in [0, 0.05) is 22.7 Å². The van der Waals surface area contributed by atoms with Gasteiger partial charge in [0.1, 0.15) is 5.69 Å². The summed E-state index contributed by atoms with van der Waals surface area (Å²) in [5.74, 6) is -1.07. The molecule has 0 amide bonds. The molecule has 0 fully saturated rings. The van der Waals surface area contributed by atoms with E-state index in [2.05, 4.69) is 15.2 Å². The number of benzene rings is 1. The lowest BCUT2D eigenvalue weighted by Crippen LogP contribution is -1.96. The normalized spacial score (nSPS) is 10.9. The fourth-order valence-corrected chi connectivity index (χ4v) is 2.19. The third-order valence-electron chi connectivity index (χ3n) is 2.78. The van der Waals surface area contributed by atoms with E-state index in [1.54, 1.807) is 18.5 Å². The second-order valence-corrected chi connectivity index (χ2v) is 4.24. The van der Waals surface area contributed by atoms with E-state index in [0.717, 1.165) is 11.1 Å². The number of fused-ring (bicyclic) bond motifs is 1. The highest BCUT2D eigenvalue weighted by molar-refractivity contribution is 6.38. The Bertz CT molecular complexity index is 731. The molecule has 90 valence electrons. The van der Waals surface area contributed by atoms with Crippen molar-refractivity contribution in [2.24, 2.45) is 0 Å². The van der Waals surface area contributed by atoms with Gasteiger partial charge in [0.25, 0.3) is 0 Å². The van der Waals surface area contributed by atoms with Crippen LogP contribution in [0.25, 0.3) is 22.0 Å². The third-order valence-corrected chi connectivity index (χ3v) is 3.17. The number of nitrogens with zero attached hydrogens (tertiary/aromatic N) is 1. The molecule has 0 aliphatic carbocycles. The number of carboxylic acids is 1. The molecule has 18 heavy (non-hydrogen) atoms. The molecule has 1 aromatic carbocycles. The van der Waals surface area contributed by atoms with Crippen LogP contribution >= 0.6 is 11.6 Å². The number of aromatic carboxylic acids is 1. The quantitative estimate of drug-likeness (QED) is 0.663. The Balaban J connectivity index is 2.22. The van der Waals surface area contributed by atoms with Gasteiger partial charge in [-0.2, -0.15) is 5.10 Å². The van der Waals surface area contributed by atoms with Crippen LogP contribution in [-0.4, -0.2) is 26.3 Å². The molecular weight excluding hydrogens is 254 g/mol. The molecule has 0 aliphatic rings. The molecule has 5 nitrogen and oxygen atoms in total. The summed E-state index contributed by atoms with van der Waals surface area (Å²) in [5.41, 5.74) is 2.57. The van der Waals surface area contributed by atoms with E-state index in [-0.39, 0.29) is 10.7 Å². The van der Waals surface area contributed by atoms with Gasteiger partial charge < -0.3 is 10.1 Å². The van der Waals surface area contributed by atoms with Crippen LogP contribution in [0.3, 0.4) is 0 Å². The molecule has 0 unspecified atom stereocenters. The van der Waals surface area contributed by atoms with E-state index in [9.17, 15) is 4.79 Å². The van der Waals surface area contributed by atoms with Gasteiger partial charge in [0.05, 0.1) is 11.2 Å². The molecule has 0 saturated heterocycles. The molecule has 0 saturated carbocycles. The lowest BCUT2D eigenvalue weighted by Gasteiger charge is -1.97. The molecule has 3 rings (SSSR count). The summed E-state index contributed by atoms with van der Waals surface area (Å²) < 4.78 is 0. The Kier molecular flexibility index (Phi) is 2.34. The van der Waals surface area contributed by atoms with Gasteiger partial charge in [-0.25, -0.2) is 4.79 Å². The van der Waals surface area contributed by atoms with Crippen LogP contribution in [0.2, 0.25) is 5.02 Å². The number of H-pyrrole nitrogens is 2. The number of rotatable bonds is 2. The first-order valence-electron chi connectivity index (χ1n) is 5.20. The van der Waals surface area contributed by atoms with Crippen LogP contribution in [0.15, 0.2) is 30.6 Å². The zero-order chi connectivity index (χ0) is 12.7. The highest BCUT2D eigenvalue weighted by Gasteiger charge is 2.15. The van der Waals surface area contributed by atoms with Crippen LogP contribution in [0.1, 0.15) is 10.5 Å². The Labute approximate surface area is 106 Å². The topological polar surface area (TPSA) is 81.8 Å². The number of halogens is 1. The van der Waals surface area contributed by atoms with Crippen molar-refractivity contribution < 1.29 is 9.90 Å². The zero-order valence-electron chi connectivity index (χ0n) is 9.07. The van der Waals surface area contributed by atoms with Gasteiger partial charge in [-0.05, 0) is 11.6 Å². The maximum absolute atomic E-state index is 11.0. The predicted molar refractivity (Wildman–Crippen MR) is 67.8 cm³/mol. The molecular formula is C12H8ClN3O2. The minimum Gasteiger partial charge on any atom is -0.477 e. The van der Waals surface area contributed by atoms with Crippen LogP contribution in [0.4, 0.5) is 0 Å². The second kappa shape index (κ2) is 3.89. The van der Waals surface area contributed by atoms with Gasteiger partial charge in [-0.3, -0.25) is 5.10 Å². The van der Waals surface area contributed by atoms with E-state index in [1.807, 2.05) is 12.1 Å². The first-order chi connectivity index (χ1) is 8.66. The third kappa shape index (κ3) is 1.56. The first kappa shape index (κ1) is 10.9. The highest BCUT2D eigenvalue weighted by atomic mass is 35.5. The molecule has 6 heteroatoms. The Morgan fingerprint density at radius 1 is 1.33 bits per heavy atom. The number of nitrogens with one attached hydrogen (secondary N) is 2. The van der Waals surface area contributed by atoms with Gasteiger partial charge in [-0.15, -0.1) is 0 Å². The summed E-state index contributed by atoms with van der Waals surface area (Å²) in [7, 11) is 0. The number of aromatic amines is 2. The summed E-state index contributed by atoms with van der Waals surface area (Å²) in [5, 5.41) is 16.5. The first-order valence-corrected chi connectivity index (χ1v) is 5.58. The van der Waals surface area contributed by atoms with Crippen molar-refractivity contribution >= 4 is 28.5 Å². The van der Waals surface area contributed by atoms with Crippen molar-refractivity contribution in [2.45, 2.75) is 0 Å². The largest absolute Gasteiger partial charge is 0.477 e. The summed E-state index contributed by atoms with van der Waals surface area (Å²) >= 11 is 6.00. The molecule has 2 heterocycles. The number of carbonyl (C=O) groups is 1. The number of hydrogen-bond acceptors (Lipinski definition) is 2. The molecule has 0 spiro atoms. The second-order valence-electron chi connectivity index (χ2n) is 3.87. The Morgan fingerprint density at radius 3 is 2.83 bits per heavy atom. The summed E-state index contributed by atoms with van der Waals surface area (Å²) in [6.07, 6.45) is 3.47. The summed E-state index contributed by atoms with van der Waals surface area (Å²) in [4.78, 5) is 13.8. The SMILES string of the molecule is O=C(O)c1[nH]c2cc(-c3cn[nH]c3)ccc2c1Cl. The molecule has 0 bridgehead atoms. The molecule has 0 aliphatic heterocycles. The van der Waals surface area contributed by atoms with E-state index in [1.165, 1.54) is 0 Å². The van der Waals surface area contributed by atoms with Crippen molar-refractivity contribution in [1.82, 2.24) is 15.2 Å².